The SMILES string of the molecule is CC(=O)c1c[nH]c(C(=O)N[C@@H](C)c2ccc(S(N)(=O)=O)cc2)c1. The maximum atomic E-state index is 12.1. The summed E-state index contributed by atoms with van der Waals surface area (Å²) in [6.07, 6.45) is 1.48. The highest BCUT2D eigenvalue weighted by Gasteiger charge is 2.15. The Balaban J connectivity index is 2.10. The fraction of sp³-hybridized carbons (Fsp3) is 0.200. The minimum atomic E-state index is -3.74. The highest BCUT2D eigenvalue weighted by molar-refractivity contribution is 7.89. The van der Waals surface area contributed by atoms with Crippen molar-refractivity contribution in [1.82, 2.24) is 10.3 Å². The highest BCUT2D eigenvalue weighted by Crippen LogP contribution is 2.16. The predicted molar refractivity (Wildman–Crippen MR) is 84.5 cm³/mol. The van der Waals surface area contributed by atoms with Crippen molar-refractivity contribution in [2.75, 3.05) is 0 Å². The summed E-state index contributed by atoms with van der Waals surface area (Å²) in [6.45, 7) is 3.18. The van der Waals surface area contributed by atoms with Gasteiger partial charge in [0.15, 0.2) is 5.78 Å². The number of benzene rings is 1. The first-order valence-corrected chi connectivity index (χ1v) is 8.36. The molecule has 0 aliphatic rings. The number of rotatable bonds is 5. The van der Waals surface area contributed by atoms with E-state index in [2.05, 4.69) is 10.3 Å². The molecule has 1 atom stereocenters. The van der Waals surface area contributed by atoms with Crippen LogP contribution in [0.4, 0.5) is 0 Å². The fourth-order valence-corrected chi connectivity index (χ4v) is 2.55. The molecule has 2 aromatic rings. The van der Waals surface area contributed by atoms with Gasteiger partial charge in [-0.1, -0.05) is 12.1 Å². The van der Waals surface area contributed by atoms with Crippen LogP contribution in [0.2, 0.25) is 0 Å². The van der Waals surface area contributed by atoms with Crippen LogP contribution in [0, 0.1) is 0 Å². The molecule has 0 aliphatic heterocycles. The van der Waals surface area contributed by atoms with Gasteiger partial charge >= 0.3 is 0 Å². The molecule has 0 fully saturated rings. The minimum absolute atomic E-state index is 0.00949. The molecule has 0 saturated heterocycles. The Morgan fingerprint density at radius 1 is 1.22 bits per heavy atom. The largest absolute Gasteiger partial charge is 0.356 e. The molecule has 0 spiro atoms. The predicted octanol–water partition coefficient (Wildman–Crippen LogP) is 1.36. The number of carbonyl (C=O) groups excluding carboxylic acids is 2. The summed E-state index contributed by atoms with van der Waals surface area (Å²) in [5.74, 6) is -0.493. The summed E-state index contributed by atoms with van der Waals surface area (Å²) in [4.78, 5) is 26.1. The Hall–Kier alpha value is -2.45. The van der Waals surface area contributed by atoms with E-state index in [1.165, 1.54) is 31.3 Å². The molecule has 7 nitrogen and oxygen atoms in total. The zero-order chi connectivity index (χ0) is 17.2. The number of nitrogens with two attached hydrogens (primary N) is 1. The summed E-state index contributed by atoms with van der Waals surface area (Å²) >= 11 is 0. The number of sulfonamides is 1. The zero-order valence-corrected chi connectivity index (χ0v) is 13.5. The molecule has 23 heavy (non-hydrogen) atoms. The number of carbonyl (C=O) groups is 2. The molecule has 0 aliphatic carbocycles. The van der Waals surface area contributed by atoms with Crippen molar-refractivity contribution in [3.05, 3.63) is 53.3 Å². The van der Waals surface area contributed by atoms with Crippen LogP contribution in [-0.2, 0) is 10.0 Å². The number of ketones is 1. The summed E-state index contributed by atoms with van der Waals surface area (Å²) < 4.78 is 22.4. The van der Waals surface area contributed by atoms with Crippen LogP contribution >= 0.6 is 0 Å². The van der Waals surface area contributed by atoms with E-state index in [-0.39, 0.29) is 28.3 Å². The molecule has 1 aromatic heterocycles. The van der Waals surface area contributed by atoms with Gasteiger partial charge in [0.05, 0.1) is 10.9 Å². The molecular formula is C15H17N3O4S. The van der Waals surface area contributed by atoms with Gasteiger partial charge in [-0.05, 0) is 37.6 Å². The lowest BCUT2D eigenvalue weighted by Crippen LogP contribution is -2.27. The van der Waals surface area contributed by atoms with E-state index >= 15 is 0 Å². The molecule has 122 valence electrons. The molecule has 4 N–H and O–H groups in total. The second-order valence-corrected chi connectivity index (χ2v) is 6.73. The van der Waals surface area contributed by atoms with Crippen molar-refractivity contribution in [2.24, 2.45) is 5.14 Å². The normalized spacial score (nSPS) is 12.7. The highest BCUT2D eigenvalue weighted by atomic mass is 32.2. The van der Waals surface area contributed by atoms with E-state index in [0.717, 1.165) is 5.56 Å². The van der Waals surface area contributed by atoms with Gasteiger partial charge in [0.2, 0.25) is 10.0 Å². The van der Waals surface area contributed by atoms with Gasteiger partial charge in [-0.15, -0.1) is 0 Å². The molecule has 1 heterocycles. The standard InChI is InChI=1S/C15H17N3O4S/c1-9(11-3-5-13(6-4-11)23(16,21)22)18-15(20)14-7-12(8-17-14)10(2)19/h3-9,17H,1-2H3,(H,18,20)(H2,16,21,22)/t9-/m0/s1. The lowest BCUT2D eigenvalue weighted by Gasteiger charge is -2.14. The van der Waals surface area contributed by atoms with Crippen molar-refractivity contribution in [1.29, 1.82) is 0 Å². The molecule has 8 heteroatoms. The molecule has 1 aromatic carbocycles. The topological polar surface area (TPSA) is 122 Å². The van der Waals surface area contributed by atoms with Crippen molar-refractivity contribution in [3.8, 4) is 0 Å². The van der Waals surface area contributed by atoms with Gasteiger partial charge in [0, 0.05) is 11.8 Å². The third-order valence-corrected chi connectivity index (χ3v) is 4.32. The van der Waals surface area contributed by atoms with Crippen molar-refractivity contribution < 1.29 is 18.0 Å². The smallest absolute Gasteiger partial charge is 0.268 e. The summed E-state index contributed by atoms with van der Waals surface area (Å²) in [5, 5.41) is 7.80. The third-order valence-electron chi connectivity index (χ3n) is 3.39. The van der Waals surface area contributed by atoms with E-state index in [1.54, 1.807) is 19.1 Å². The number of aromatic nitrogens is 1. The first kappa shape index (κ1) is 16.9. The number of aromatic amines is 1. The van der Waals surface area contributed by atoms with E-state index in [9.17, 15) is 18.0 Å². The number of primary sulfonamides is 1. The maximum Gasteiger partial charge on any atom is 0.268 e. The van der Waals surface area contributed by atoms with Crippen molar-refractivity contribution in [3.63, 3.8) is 0 Å². The first-order valence-electron chi connectivity index (χ1n) is 6.81. The second-order valence-electron chi connectivity index (χ2n) is 5.17. The number of H-pyrrole nitrogens is 1. The van der Waals surface area contributed by atoms with Crippen LogP contribution in [0.5, 0.6) is 0 Å². The van der Waals surface area contributed by atoms with Gasteiger partial charge in [-0.25, -0.2) is 13.6 Å². The molecule has 0 saturated carbocycles. The first-order chi connectivity index (χ1) is 10.7. The number of hydrogen-bond donors (Lipinski definition) is 3. The summed E-state index contributed by atoms with van der Waals surface area (Å²) in [7, 11) is -3.74. The van der Waals surface area contributed by atoms with Crippen molar-refractivity contribution in [2.45, 2.75) is 24.8 Å². The average Bonchev–Trinajstić information content (AvgIpc) is 2.96. The van der Waals surface area contributed by atoms with E-state index in [4.69, 9.17) is 5.14 Å². The van der Waals surface area contributed by atoms with Crippen LogP contribution in [0.25, 0.3) is 0 Å². The Kier molecular flexibility index (Phi) is 4.67. The molecular weight excluding hydrogens is 318 g/mol. The van der Waals surface area contributed by atoms with E-state index < -0.39 is 10.0 Å². The summed E-state index contributed by atoms with van der Waals surface area (Å²) in [6, 6.07) is 7.07. The molecule has 0 radical (unpaired) electrons. The monoisotopic (exact) mass is 335 g/mol. The van der Waals surface area contributed by atoms with Crippen molar-refractivity contribution >= 4 is 21.7 Å². The van der Waals surface area contributed by atoms with Crippen LogP contribution in [0.3, 0.4) is 0 Å². The minimum Gasteiger partial charge on any atom is -0.356 e. The zero-order valence-electron chi connectivity index (χ0n) is 12.7. The molecule has 2 rings (SSSR count). The lowest BCUT2D eigenvalue weighted by atomic mass is 10.1. The Bertz CT molecular complexity index is 838. The molecule has 1 amide bonds. The summed E-state index contributed by atoms with van der Waals surface area (Å²) in [5.41, 5.74) is 1.44. The maximum absolute atomic E-state index is 12.1. The molecule has 0 bridgehead atoms. The average molecular weight is 335 g/mol. The van der Waals surface area contributed by atoms with Gasteiger partial charge in [0.1, 0.15) is 5.69 Å². The van der Waals surface area contributed by atoms with Crippen LogP contribution in [0.1, 0.15) is 46.3 Å². The Labute approximate surface area is 133 Å². The number of hydrogen-bond acceptors (Lipinski definition) is 4. The fourth-order valence-electron chi connectivity index (χ4n) is 2.03. The van der Waals surface area contributed by atoms with Gasteiger partial charge < -0.3 is 10.3 Å². The van der Waals surface area contributed by atoms with Gasteiger partial charge in [0.25, 0.3) is 5.91 Å². The van der Waals surface area contributed by atoms with Crippen LogP contribution in [-0.4, -0.2) is 25.1 Å². The number of amides is 1. The van der Waals surface area contributed by atoms with Gasteiger partial charge in [-0.2, -0.15) is 0 Å². The number of nitrogens with one attached hydrogen (secondary N) is 2. The third kappa shape index (κ3) is 4.05. The Morgan fingerprint density at radius 2 is 1.83 bits per heavy atom. The van der Waals surface area contributed by atoms with Crippen LogP contribution in [0.15, 0.2) is 41.4 Å². The number of Topliss-reactive ketones (excluding diaryl/α,β-unsaturated/α-hetero) is 1. The quantitative estimate of drug-likeness (QED) is 0.714. The van der Waals surface area contributed by atoms with Gasteiger partial charge in [-0.3, -0.25) is 9.59 Å². The van der Waals surface area contributed by atoms with E-state index in [0.29, 0.717) is 5.56 Å². The molecule has 0 unspecified atom stereocenters. The lowest BCUT2D eigenvalue weighted by molar-refractivity contribution is 0.0935. The van der Waals surface area contributed by atoms with E-state index in [1.807, 2.05) is 0 Å². The second kappa shape index (κ2) is 6.35. The Morgan fingerprint density at radius 3 is 2.30 bits per heavy atom. The van der Waals surface area contributed by atoms with Crippen LogP contribution < -0.4 is 10.5 Å².